The van der Waals surface area contributed by atoms with E-state index in [4.69, 9.17) is 0 Å². The van der Waals surface area contributed by atoms with Crippen LogP contribution in [0.25, 0.3) is 5.57 Å². The molecule has 1 aromatic carbocycles. The molecule has 0 spiro atoms. The van der Waals surface area contributed by atoms with Crippen LogP contribution in [-0.2, 0) is 12.1 Å². The Labute approximate surface area is 132 Å². The lowest BCUT2D eigenvalue weighted by Crippen LogP contribution is -2.09. The summed E-state index contributed by atoms with van der Waals surface area (Å²) in [5, 5.41) is 0. The number of pyridine rings is 1. The Morgan fingerprint density at radius 2 is 2.05 bits per heavy atom. The van der Waals surface area contributed by atoms with E-state index in [2.05, 4.69) is 31.0 Å². The molecule has 0 saturated heterocycles. The van der Waals surface area contributed by atoms with Crippen molar-refractivity contribution < 1.29 is 4.39 Å². The zero-order valence-electron chi connectivity index (χ0n) is 13.9. The molecule has 0 atom stereocenters. The monoisotopic (exact) mass is 297 g/mol. The van der Waals surface area contributed by atoms with Gasteiger partial charge in [0.1, 0.15) is 5.67 Å². The maximum Gasteiger partial charge on any atom is 0.130 e. The van der Waals surface area contributed by atoms with E-state index in [1.807, 2.05) is 36.7 Å². The van der Waals surface area contributed by atoms with Crippen LogP contribution in [0.2, 0.25) is 0 Å². The van der Waals surface area contributed by atoms with Gasteiger partial charge in [-0.3, -0.25) is 4.98 Å². The molecular weight excluding hydrogens is 273 g/mol. The SMILES string of the molecule is C/C(=C\CCc1cccc(C(C)(C)F)c1)c1cnccc1C. The number of aryl methyl sites for hydroxylation is 2. The minimum atomic E-state index is -1.28. The van der Waals surface area contributed by atoms with Crippen LogP contribution < -0.4 is 0 Å². The quantitative estimate of drug-likeness (QED) is 0.697. The van der Waals surface area contributed by atoms with Gasteiger partial charge in [-0.1, -0.05) is 30.3 Å². The van der Waals surface area contributed by atoms with E-state index in [9.17, 15) is 4.39 Å². The lowest BCUT2D eigenvalue weighted by atomic mass is 9.96. The van der Waals surface area contributed by atoms with Crippen molar-refractivity contribution in [2.24, 2.45) is 0 Å². The molecule has 1 aromatic heterocycles. The van der Waals surface area contributed by atoms with Crippen molar-refractivity contribution in [3.8, 4) is 0 Å². The molecule has 2 rings (SSSR count). The molecule has 116 valence electrons. The van der Waals surface area contributed by atoms with Crippen LogP contribution in [-0.4, -0.2) is 4.98 Å². The summed E-state index contributed by atoms with van der Waals surface area (Å²) in [6.45, 7) is 7.41. The van der Waals surface area contributed by atoms with Gasteiger partial charge < -0.3 is 0 Å². The first-order valence-electron chi connectivity index (χ1n) is 7.74. The second kappa shape index (κ2) is 6.87. The van der Waals surface area contributed by atoms with E-state index in [1.165, 1.54) is 22.3 Å². The maximum absolute atomic E-state index is 14.0. The summed E-state index contributed by atoms with van der Waals surface area (Å²) in [4.78, 5) is 4.19. The summed E-state index contributed by atoms with van der Waals surface area (Å²) in [5.41, 5.74) is 4.32. The summed E-state index contributed by atoms with van der Waals surface area (Å²) in [6.07, 6.45) is 7.82. The Kier molecular flexibility index (Phi) is 5.12. The van der Waals surface area contributed by atoms with Gasteiger partial charge in [0.2, 0.25) is 0 Å². The number of benzene rings is 1. The average Bonchev–Trinajstić information content (AvgIpc) is 2.47. The molecule has 1 nitrogen and oxygen atoms in total. The van der Waals surface area contributed by atoms with Crippen molar-refractivity contribution in [2.45, 2.75) is 46.2 Å². The molecule has 1 heterocycles. The van der Waals surface area contributed by atoms with E-state index < -0.39 is 5.67 Å². The molecule has 0 aliphatic rings. The highest BCUT2D eigenvalue weighted by Gasteiger charge is 2.18. The number of allylic oxidation sites excluding steroid dienone is 2. The van der Waals surface area contributed by atoms with Crippen molar-refractivity contribution in [1.82, 2.24) is 4.98 Å². The predicted molar refractivity (Wildman–Crippen MR) is 91.5 cm³/mol. The molecule has 0 unspecified atom stereocenters. The van der Waals surface area contributed by atoms with E-state index in [1.54, 1.807) is 13.8 Å². The van der Waals surface area contributed by atoms with Crippen LogP contribution in [0.15, 0.2) is 48.8 Å². The smallest absolute Gasteiger partial charge is 0.130 e. The minimum absolute atomic E-state index is 0.744. The topological polar surface area (TPSA) is 12.9 Å². The van der Waals surface area contributed by atoms with Gasteiger partial charge in [0.25, 0.3) is 0 Å². The first-order valence-corrected chi connectivity index (χ1v) is 7.74. The standard InChI is InChI=1S/C20H24FN/c1-15(19-14-22-12-11-16(19)2)7-5-8-17-9-6-10-18(13-17)20(3,4)21/h6-7,9-14H,5,8H2,1-4H3/b15-7+. The third kappa shape index (κ3) is 4.27. The second-order valence-electron chi connectivity index (χ2n) is 6.29. The van der Waals surface area contributed by atoms with E-state index in [-0.39, 0.29) is 0 Å². The second-order valence-corrected chi connectivity index (χ2v) is 6.29. The van der Waals surface area contributed by atoms with Gasteiger partial charge in [-0.05, 0) is 74.4 Å². The maximum atomic E-state index is 14.0. The average molecular weight is 297 g/mol. The molecule has 0 N–H and O–H groups in total. The van der Waals surface area contributed by atoms with Gasteiger partial charge in [0, 0.05) is 12.4 Å². The fourth-order valence-electron chi connectivity index (χ4n) is 2.54. The predicted octanol–water partition coefficient (Wildman–Crippen LogP) is 5.63. The fourth-order valence-corrected chi connectivity index (χ4v) is 2.54. The number of nitrogens with zero attached hydrogens (tertiary/aromatic N) is 1. The van der Waals surface area contributed by atoms with Gasteiger partial charge in [-0.25, -0.2) is 4.39 Å². The van der Waals surface area contributed by atoms with Gasteiger partial charge in [0.05, 0.1) is 0 Å². The summed E-state index contributed by atoms with van der Waals surface area (Å²) < 4.78 is 14.0. The van der Waals surface area contributed by atoms with Crippen LogP contribution in [0.5, 0.6) is 0 Å². The molecule has 2 aromatic rings. The van der Waals surface area contributed by atoms with Crippen molar-refractivity contribution in [2.75, 3.05) is 0 Å². The molecule has 0 fully saturated rings. The normalized spacial score (nSPS) is 12.5. The lowest BCUT2D eigenvalue weighted by molar-refractivity contribution is 0.221. The first-order chi connectivity index (χ1) is 10.4. The Bertz CT molecular complexity index is 665. The Morgan fingerprint density at radius 1 is 1.27 bits per heavy atom. The molecule has 0 saturated carbocycles. The van der Waals surface area contributed by atoms with Gasteiger partial charge >= 0.3 is 0 Å². The molecule has 0 amide bonds. The Morgan fingerprint density at radius 3 is 2.73 bits per heavy atom. The van der Waals surface area contributed by atoms with Gasteiger partial charge in [-0.15, -0.1) is 0 Å². The summed E-state index contributed by atoms with van der Waals surface area (Å²) >= 11 is 0. The van der Waals surface area contributed by atoms with E-state index in [0.29, 0.717) is 0 Å². The van der Waals surface area contributed by atoms with Crippen LogP contribution in [0.1, 0.15) is 49.4 Å². The highest BCUT2D eigenvalue weighted by molar-refractivity contribution is 5.65. The molecule has 0 aliphatic heterocycles. The zero-order chi connectivity index (χ0) is 16.2. The first kappa shape index (κ1) is 16.4. The summed E-state index contributed by atoms with van der Waals surface area (Å²) in [7, 11) is 0. The summed E-state index contributed by atoms with van der Waals surface area (Å²) in [6, 6.07) is 9.85. The number of alkyl halides is 1. The number of hydrogen-bond acceptors (Lipinski definition) is 1. The third-order valence-electron chi connectivity index (χ3n) is 3.96. The van der Waals surface area contributed by atoms with Gasteiger partial charge in [0.15, 0.2) is 0 Å². The fraction of sp³-hybridized carbons (Fsp3) is 0.350. The lowest BCUT2D eigenvalue weighted by Gasteiger charge is -2.15. The largest absolute Gasteiger partial charge is 0.264 e. The molecule has 2 heteroatoms. The van der Waals surface area contributed by atoms with Crippen LogP contribution >= 0.6 is 0 Å². The van der Waals surface area contributed by atoms with Gasteiger partial charge in [-0.2, -0.15) is 0 Å². The molecule has 22 heavy (non-hydrogen) atoms. The van der Waals surface area contributed by atoms with Crippen molar-refractivity contribution in [3.05, 3.63) is 71.1 Å². The molecule has 0 bridgehead atoms. The van der Waals surface area contributed by atoms with Crippen molar-refractivity contribution >= 4 is 5.57 Å². The number of halogens is 1. The van der Waals surface area contributed by atoms with Crippen molar-refractivity contribution in [3.63, 3.8) is 0 Å². The third-order valence-corrected chi connectivity index (χ3v) is 3.96. The minimum Gasteiger partial charge on any atom is -0.264 e. The Balaban J connectivity index is 2.05. The Hall–Kier alpha value is -1.96. The zero-order valence-corrected chi connectivity index (χ0v) is 13.9. The van der Waals surface area contributed by atoms with Crippen LogP contribution in [0, 0.1) is 6.92 Å². The van der Waals surface area contributed by atoms with Crippen molar-refractivity contribution in [1.29, 1.82) is 0 Å². The van der Waals surface area contributed by atoms with E-state index in [0.717, 1.165) is 18.4 Å². The highest BCUT2D eigenvalue weighted by Crippen LogP contribution is 2.25. The number of aromatic nitrogens is 1. The van der Waals surface area contributed by atoms with Crippen LogP contribution in [0.3, 0.4) is 0 Å². The van der Waals surface area contributed by atoms with E-state index >= 15 is 0 Å². The summed E-state index contributed by atoms with van der Waals surface area (Å²) in [5.74, 6) is 0. The molecule has 0 radical (unpaired) electrons. The van der Waals surface area contributed by atoms with Crippen LogP contribution in [0.4, 0.5) is 4.39 Å². The highest BCUT2D eigenvalue weighted by atomic mass is 19.1. The molecule has 0 aliphatic carbocycles. The number of rotatable bonds is 5. The number of hydrogen-bond donors (Lipinski definition) is 0. The molecular formula is C20H24FN.